The Bertz CT molecular complexity index is 1190. The molecule has 8 nitrogen and oxygen atoms in total. The van der Waals surface area contributed by atoms with E-state index in [4.69, 9.17) is 0 Å². The van der Waals surface area contributed by atoms with E-state index in [0.29, 0.717) is 17.3 Å². The predicted octanol–water partition coefficient (Wildman–Crippen LogP) is 3.81. The third kappa shape index (κ3) is 4.30. The lowest BCUT2D eigenvalue weighted by Gasteiger charge is -2.09. The Morgan fingerprint density at radius 1 is 0.967 bits per heavy atom. The Balaban J connectivity index is 1.41. The van der Waals surface area contributed by atoms with Gasteiger partial charge in [-0.05, 0) is 62.4 Å². The number of nitrogens with zero attached hydrogens (tertiary/aromatic N) is 5. The highest BCUT2D eigenvalue weighted by atomic mass is 19.1. The maximum Gasteiger partial charge on any atom is 0.257 e. The van der Waals surface area contributed by atoms with Crippen molar-refractivity contribution in [2.75, 3.05) is 10.6 Å². The monoisotopic (exact) mass is 403 g/mol. The van der Waals surface area contributed by atoms with Crippen LogP contribution in [0.3, 0.4) is 0 Å². The summed E-state index contributed by atoms with van der Waals surface area (Å²) in [4.78, 5) is 15.8. The summed E-state index contributed by atoms with van der Waals surface area (Å²) in [6.07, 6.45) is 2.35. The van der Waals surface area contributed by atoms with Gasteiger partial charge in [0.25, 0.3) is 5.91 Å². The molecule has 0 aliphatic heterocycles. The van der Waals surface area contributed by atoms with Crippen LogP contribution in [0.5, 0.6) is 0 Å². The standard InChI is InChI=1S/C21H18FN7O/c1-13-9-14(2)29(28-13)20-8-7-19(26-27-20)24-17-3-5-18(6-4-17)25-21(30)15-10-16(22)12-23-11-15/h3-12H,1-2H3,(H,24,26)(H,25,30). The molecule has 9 heteroatoms. The zero-order valence-corrected chi connectivity index (χ0v) is 16.3. The molecule has 3 heterocycles. The fraction of sp³-hybridized carbons (Fsp3) is 0.0952. The van der Waals surface area contributed by atoms with Crippen molar-refractivity contribution in [1.29, 1.82) is 0 Å². The fourth-order valence-electron chi connectivity index (χ4n) is 2.89. The van der Waals surface area contributed by atoms with E-state index in [1.165, 1.54) is 6.20 Å². The minimum Gasteiger partial charge on any atom is -0.339 e. The van der Waals surface area contributed by atoms with Crippen molar-refractivity contribution in [1.82, 2.24) is 25.0 Å². The summed E-state index contributed by atoms with van der Waals surface area (Å²) in [5.74, 6) is 0.208. The summed E-state index contributed by atoms with van der Waals surface area (Å²) in [6.45, 7) is 3.88. The van der Waals surface area contributed by atoms with Crippen molar-refractivity contribution in [3.8, 4) is 5.82 Å². The van der Waals surface area contributed by atoms with E-state index in [1.54, 1.807) is 28.9 Å². The number of hydrogen-bond acceptors (Lipinski definition) is 6. The number of hydrogen-bond donors (Lipinski definition) is 2. The minimum atomic E-state index is -0.563. The number of anilines is 3. The fourth-order valence-corrected chi connectivity index (χ4v) is 2.89. The summed E-state index contributed by atoms with van der Waals surface area (Å²) in [5.41, 5.74) is 3.39. The predicted molar refractivity (Wildman–Crippen MR) is 111 cm³/mol. The summed E-state index contributed by atoms with van der Waals surface area (Å²) in [7, 11) is 0. The Hall–Kier alpha value is -4.14. The molecule has 30 heavy (non-hydrogen) atoms. The van der Waals surface area contributed by atoms with Crippen LogP contribution in [0.25, 0.3) is 5.82 Å². The molecule has 0 radical (unpaired) electrons. The summed E-state index contributed by atoms with van der Waals surface area (Å²) >= 11 is 0. The number of benzene rings is 1. The quantitative estimate of drug-likeness (QED) is 0.526. The maximum absolute atomic E-state index is 13.2. The maximum atomic E-state index is 13.2. The molecule has 0 unspecified atom stereocenters. The molecule has 3 aromatic heterocycles. The van der Waals surface area contributed by atoms with Gasteiger partial charge < -0.3 is 10.6 Å². The number of halogens is 1. The Kier molecular flexibility index (Phi) is 5.17. The largest absolute Gasteiger partial charge is 0.339 e. The van der Waals surface area contributed by atoms with Crippen LogP contribution in [0.2, 0.25) is 0 Å². The number of carbonyl (C=O) groups excluding carboxylic acids is 1. The first kappa shape index (κ1) is 19.2. The van der Waals surface area contributed by atoms with Crippen molar-refractivity contribution in [2.45, 2.75) is 13.8 Å². The van der Waals surface area contributed by atoms with Crippen molar-refractivity contribution in [3.05, 3.63) is 83.7 Å². The van der Waals surface area contributed by atoms with Gasteiger partial charge in [-0.3, -0.25) is 9.78 Å². The average Bonchev–Trinajstić information content (AvgIpc) is 3.08. The second kappa shape index (κ2) is 8.08. The molecule has 2 N–H and O–H groups in total. The second-order valence-corrected chi connectivity index (χ2v) is 6.66. The topological polar surface area (TPSA) is 97.6 Å². The molecular formula is C21H18FN7O. The van der Waals surface area contributed by atoms with Gasteiger partial charge in [-0.15, -0.1) is 10.2 Å². The Morgan fingerprint density at radius 3 is 2.37 bits per heavy atom. The van der Waals surface area contributed by atoms with E-state index in [-0.39, 0.29) is 5.56 Å². The summed E-state index contributed by atoms with van der Waals surface area (Å²) < 4.78 is 14.9. The zero-order valence-electron chi connectivity index (χ0n) is 16.3. The molecule has 0 saturated heterocycles. The average molecular weight is 403 g/mol. The third-order valence-corrected chi connectivity index (χ3v) is 4.26. The van der Waals surface area contributed by atoms with E-state index in [2.05, 4.69) is 30.9 Å². The van der Waals surface area contributed by atoms with Gasteiger partial charge in [-0.25, -0.2) is 9.07 Å². The SMILES string of the molecule is Cc1cc(C)n(-c2ccc(Nc3ccc(NC(=O)c4cncc(F)c4)cc3)nn2)n1. The van der Waals surface area contributed by atoms with Gasteiger partial charge >= 0.3 is 0 Å². The Labute approximate surface area is 171 Å². The molecule has 150 valence electrons. The number of aryl methyl sites for hydroxylation is 2. The highest BCUT2D eigenvalue weighted by Gasteiger charge is 2.09. The smallest absolute Gasteiger partial charge is 0.257 e. The van der Waals surface area contributed by atoms with Crippen LogP contribution in [-0.4, -0.2) is 30.9 Å². The minimum absolute atomic E-state index is 0.148. The lowest BCUT2D eigenvalue weighted by Crippen LogP contribution is -2.12. The lowest BCUT2D eigenvalue weighted by molar-refractivity contribution is 0.102. The molecular weight excluding hydrogens is 385 g/mol. The van der Waals surface area contributed by atoms with E-state index in [9.17, 15) is 9.18 Å². The lowest BCUT2D eigenvalue weighted by atomic mass is 10.2. The number of pyridine rings is 1. The van der Waals surface area contributed by atoms with Crippen LogP contribution >= 0.6 is 0 Å². The number of carbonyl (C=O) groups is 1. The van der Waals surface area contributed by atoms with E-state index in [0.717, 1.165) is 29.3 Å². The molecule has 0 aliphatic rings. The van der Waals surface area contributed by atoms with Crippen LogP contribution in [0.4, 0.5) is 21.6 Å². The molecule has 0 aliphatic carbocycles. The van der Waals surface area contributed by atoms with Crippen LogP contribution in [0, 0.1) is 19.7 Å². The number of rotatable bonds is 5. The molecule has 0 atom stereocenters. The van der Waals surface area contributed by atoms with Crippen molar-refractivity contribution >= 4 is 23.1 Å². The van der Waals surface area contributed by atoms with Gasteiger partial charge in [0, 0.05) is 23.3 Å². The number of aromatic nitrogens is 5. The second-order valence-electron chi connectivity index (χ2n) is 6.66. The normalized spacial score (nSPS) is 10.6. The van der Waals surface area contributed by atoms with Crippen LogP contribution in [-0.2, 0) is 0 Å². The van der Waals surface area contributed by atoms with Crippen LogP contribution in [0.1, 0.15) is 21.7 Å². The van der Waals surface area contributed by atoms with Crippen LogP contribution in [0.15, 0.2) is 60.9 Å². The molecule has 0 fully saturated rings. The zero-order chi connectivity index (χ0) is 21.1. The van der Waals surface area contributed by atoms with Crippen molar-refractivity contribution in [2.24, 2.45) is 0 Å². The van der Waals surface area contributed by atoms with Crippen molar-refractivity contribution < 1.29 is 9.18 Å². The first-order valence-electron chi connectivity index (χ1n) is 9.14. The summed E-state index contributed by atoms with van der Waals surface area (Å²) in [5, 5.41) is 18.6. The van der Waals surface area contributed by atoms with E-state index in [1.807, 2.05) is 32.0 Å². The first-order valence-corrected chi connectivity index (χ1v) is 9.14. The highest BCUT2D eigenvalue weighted by Crippen LogP contribution is 2.19. The molecule has 1 aromatic carbocycles. The third-order valence-electron chi connectivity index (χ3n) is 4.26. The van der Waals surface area contributed by atoms with Crippen molar-refractivity contribution in [3.63, 3.8) is 0 Å². The number of nitrogens with one attached hydrogen (secondary N) is 2. The van der Waals surface area contributed by atoms with E-state index >= 15 is 0 Å². The molecule has 0 saturated carbocycles. The first-order chi connectivity index (χ1) is 14.5. The summed E-state index contributed by atoms with van der Waals surface area (Å²) in [6, 6.07) is 13.8. The van der Waals surface area contributed by atoms with Crippen LogP contribution < -0.4 is 10.6 Å². The number of amides is 1. The Morgan fingerprint density at radius 2 is 1.73 bits per heavy atom. The molecule has 4 rings (SSSR count). The highest BCUT2D eigenvalue weighted by molar-refractivity contribution is 6.04. The van der Waals surface area contributed by atoms with Gasteiger partial charge in [0.1, 0.15) is 5.82 Å². The van der Waals surface area contributed by atoms with Gasteiger partial charge in [-0.2, -0.15) is 5.10 Å². The molecule has 1 amide bonds. The molecule has 0 spiro atoms. The van der Waals surface area contributed by atoms with Gasteiger partial charge in [0.05, 0.1) is 17.5 Å². The molecule has 4 aromatic rings. The van der Waals surface area contributed by atoms with E-state index < -0.39 is 11.7 Å². The van der Waals surface area contributed by atoms with Gasteiger partial charge in [0.2, 0.25) is 0 Å². The molecule has 0 bridgehead atoms. The van der Waals surface area contributed by atoms with Gasteiger partial charge in [-0.1, -0.05) is 0 Å². The van der Waals surface area contributed by atoms with Gasteiger partial charge in [0.15, 0.2) is 11.6 Å².